The molecule has 0 aromatic rings. The Balaban J connectivity index is 1.71. The summed E-state index contributed by atoms with van der Waals surface area (Å²) in [5.74, 6) is 3.04. The molecule has 1 unspecified atom stereocenters. The van der Waals surface area contributed by atoms with E-state index in [9.17, 15) is 4.79 Å². The molecule has 1 aliphatic carbocycles. The van der Waals surface area contributed by atoms with Crippen LogP contribution in [0.1, 0.15) is 57.8 Å². The van der Waals surface area contributed by atoms with Crippen LogP contribution in [-0.4, -0.2) is 36.0 Å². The lowest BCUT2D eigenvalue weighted by Crippen LogP contribution is -2.50. The van der Waals surface area contributed by atoms with Gasteiger partial charge in [-0.15, -0.1) is 0 Å². The van der Waals surface area contributed by atoms with Gasteiger partial charge in [0.05, 0.1) is 5.60 Å². The van der Waals surface area contributed by atoms with E-state index in [1.54, 1.807) is 0 Å². The highest BCUT2D eigenvalue weighted by atomic mass is 32.2. The molecule has 1 atom stereocenters. The Kier molecular flexibility index (Phi) is 4.97. The van der Waals surface area contributed by atoms with Gasteiger partial charge in [0.25, 0.3) is 0 Å². The molecule has 3 fully saturated rings. The lowest BCUT2D eigenvalue weighted by Gasteiger charge is -2.45. The molecular formula is C17H29NO2S. The van der Waals surface area contributed by atoms with Gasteiger partial charge in [-0.2, -0.15) is 11.8 Å². The van der Waals surface area contributed by atoms with Crippen LogP contribution in [0.4, 0.5) is 0 Å². The first kappa shape index (κ1) is 15.8. The monoisotopic (exact) mass is 311 g/mol. The molecule has 3 nitrogen and oxygen atoms in total. The Hall–Kier alpha value is -0.0600. The summed E-state index contributed by atoms with van der Waals surface area (Å²) in [5.41, 5.74) is 5.87. The van der Waals surface area contributed by atoms with Crippen LogP contribution in [0.15, 0.2) is 0 Å². The van der Waals surface area contributed by atoms with E-state index in [-0.39, 0.29) is 16.9 Å². The minimum atomic E-state index is -0.204. The first-order valence-electron chi connectivity index (χ1n) is 8.66. The number of hydrogen-bond acceptors (Lipinski definition) is 4. The second kappa shape index (κ2) is 6.59. The predicted octanol–water partition coefficient (Wildman–Crippen LogP) is 3.16. The normalized spacial score (nSPS) is 32.0. The largest absolute Gasteiger partial charge is 0.375 e. The molecule has 2 heterocycles. The van der Waals surface area contributed by atoms with E-state index in [0.717, 1.165) is 45.1 Å². The topological polar surface area (TPSA) is 52.3 Å². The molecule has 1 saturated carbocycles. The van der Waals surface area contributed by atoms with E-state index in [1.165, 1.54) is 30.8 Å². The number of carbonyl (C=O) groups excluding carboxylic acids is 1. The zero-order valence-electron chi connectivity index (χ0n) is 13.1. The third kappa shape index (κ3) is 3.18. The Morgan fingerprint density at radius 2 is 1.86 bits per heavy atom. The highest BCUT2D eigenvalue weighted by Crippen LogP contribution is 2.45. The molecule has 0 aromatic heterocycles. The van der Waals surface area contributed by atoms with Crippen molar-refractivity contribution in [3.63, 3.8) is 0 Å². The van der Waals surface area contributed by atoms with Crippen LogP contribution >= 0.6 is 11.8 Å². The maximum atomic E-state index is 13.2. The van der Waals surface area contributed by atoms with Crippen molar-refractivity contribution in [1.29, 1.82) is 0 Å². The molecule has 1 spiro atoms. The van der Waals surface area contributed by atoms with Gasteiger partial charge in [0.1, 0.15) is 5.78 Å². The molecule has 2 saturated heterocycles. The average Bonchev–Trinajstić information content (AvgIpc) is 2.55. The van der Waals surface area contributed by atoms with Gasteiger partial charge < -0.3 is 10.5 Å². The summed E-state index contributed by atoms with van der Waals surface area (Å²) < 4.78 is 6.14. The van der Waals surface area contributed by atoms with Gasteiger partial charge in [0.2, 0.25) is 0 Å². The number of ketones is 1. The maximum absolute atomic E-state index is 13.2. The van der Waals surface area contributed by atoms with Crippen molar-refractivity contribution >= 4 is 17.5 Å². The van der Waals surface area contributed by atoms with Crippen molar-refractivity contribution < 1.29 is 9.53 Å². The Morgan fingerprint density at radius 3 is 2.52 bits per heavy atom. The minimum Gasteiger partial charge on any atom is -0.375 e. The Bertz CT molecular complexity index is 367. The van der Waals surface area contributed by atoms with Crippen molar-refractivity contribution in [3.8, 4) is 0 Å². The van der Waals surface area contributed by atoms with Crippen molar-refractivity contribution in [3.05, 3.63) is 0 Å². The molecule has 2 aliphatic heterocycles. The van der Waals surface area contributed by atoms with Crippen LogP contribution in [0.25, 0.3) is 0 Å². The van der Waals surface area contributed by atoms with Crippen molar-refractivity contribution in [2.75, 3.05) is 24.7 Å². The van der Waals surface area contributed by atoms with E-state index in [2.05, 4.69) is 0 Å². The fourth-order valence-corrected chi connectivity index (χ4v) is 5.79. The number of nitrogens with two attached hydrogens (primary N) is 1. The van der Waals surface area contributed by atoms with Crippen LogP contribution < -0.4 is 5.73 Å². The molecule has 0 bridgehead atoms. The van der Waals surface area contributed by atoms with Crippen LogP contribution in [0, 0.1) is 11.3 Å². The number of hydrogen-bond donors (Lipinski definition) is 1. The lowest BCUT2D eigenvalue weighted by atomic mass is 9.65. The maximum Gasteiger partial charge on any atom is 0.143 e. The third-order valence-corrected chi connectivity index (χ3v) is 6.98. The second-order valence-electron chi connectivity index (χ2n) is 7.24. The van der Waals surface area contributed by atoms with Crippen LogP contribution in [0.5, 0.6) is 0 Å². The quantitative estimate of drug-likeness (QED) is 0.870. The van der Waals surface area contributed by atoms with Crippen molar-refractivity contribution in [2.45, 2.75) is 63.4 Å². The summed E-state index contributed by atoms with van der Waals surface area (Å²) in [6, 6.07) is 0. The summed E-state index contributed by atoms with van der Waals surface area (Å²) >= 11 is 2.02. The van der Waals surface area contributed by atoms with E-state index in [0.29, 0.717) is 12.3 Å². The van der Waals surface area contributed by atoms with E-state index < -0.39 is 0 Å². The molecular weight excluding hydrogens is 282 g/mol. The molecule has 21 heavy (non-hydrogen) atoms. The number of Topliss-reactive ketones (excluding diaryl/α,β-unsaturated/α-hetero) is 1. The summed E-state index contributed by atoms with van der Waals surface area (Å²) in [5, 5.41) is 0. The number of rotatable bonds is 3. The number of thioether (sulfide) groups is 1. The Labute approximate surface area is 132 Å². The van der Waals surface area contributed by atoms with Gasteiger partial charge >= 0.3 is 0 Å². The zero-order valence-corrected chi connectivity index (χ0v) is 13.9. The standard InChI is InChI=1S/C17H29NO2S/c18-13-16(5-2-1-3-6-16)15(19)14-4-9-20-17(12-14)7-10-21-11-8-17/h14H,1-13,18H2. The lowest BCUT2D eigenvalue weighted by molar-refractivity contribution is -0.148. The summed E-state index contributed by atoms with van der Waals surface area (Å²) in [6.07, 6.45) is 9.76. The molecule has 3 rings (SSSR count). The van der Waals surface area contributed by atoms with E-state index in [4.69, 9.17) is 10.5 Å². The molecule has 2 N–H and O–H groups in total. The van der Waals surface area contributed by atoms with Gasteiger partial charge in [-0.3, -0.25) is 4.79 Å². The minimum absolute atomic E-state index is 0.00822. The molecule has 120 valence electrons. The second-order valence-corrected chi connectivity index (χ2v) is 8.47. The highest BCUT2D eigenvalue weighted by molar-refractivity contribution is 7.99. The third-order valence-electron chi connectivity index (χ3n) is 5.99. The van der Waals surface area contributed by atoms with Gasteiger partial charge in [-0.25, -0.2) is 0 Å². The average molecular weight is 311 g/mol. The Morgan fingerprint density at radius 1 is 1.14 bits per heavy atom. The highest BCUT2D eigenvalue weighted by Gasteiger charge is 2.46. The van der Waals surface area contributed by atoms with E-state index >= 15 is 0 Å². The SMILES string of the molecule is NCC1(C(=O)C2CCOC3(CCSCC3)C2)CCCCC1. The van der Waals surface area contributed by atoms with E-state index in [1.807, 2.05) is 11.8 Å². The summed E-state index contributed by atoms with van der Waals surface area (Å²) in [4.78, 5) is 13.2. The van der Waals surface area contributed by atoms with Gasteiger partial charge in [-0.1, -0.05) is 19.3 Å². The van der Waals surface area contributed by atoms with Gasteiger partial charge in [-0.05, 0) is 50.0 Å². The molecule has 0 amide bonds. The summed E-state index contributed by atoms with van der Waals surface area (Å²) in [7, 11) is 0. The number of carbonyl (C=O) groups is 1. The first-order chi connectivity index (χ1) is 10.2. The van der Waals surface area contributed by atoms with Crippen LogP contribution in [0.3, 0.4) is 0 Å². The van der Waals surface area contributed by atoms with Gasteiger partial charge in [0.15, 0.2) is 0 Å². The fraction of sp³-hybridized carbons (Fsp3) is 0.941. The summed E-state index contributed by atoms with van der Waals surface area (Å²) in [6.45, 7) is 1.31. The molecule has 3 aliphatic rings. The predicted molar refractivity (Wildman–Crippen MR) is 87.5 cm³/mol. The van der Waals surface area contributed by atoms with Gasteiger partial charge in [0, 0.05) is 24.5 Å². The first-order valence-corrected chi connectivity index (χ1v) is 9.81. The fourth-order valence-electron chi connectivity index (χ4n) is 4.56. The molecule has 4 heteroatoms. The molecule has 0 radical (unpaired) electrons. The van der Waals surface area contributed by atoms with Crippen molar-refractivity contribution in [2.24, 2.45) is 17.1 Å². The van der Waals surface area contributed by atoms with Crippen LogP contribution in [0.2, 0.25) is 0 Å². The smallest absolute Gasteiger partial charge is 0.143 e. The van der Waals surface area contributed by atoms with Crippen LogP contribution in [-0.2, 0) is 9.53 Å². The zero-order chi connectivity index (χ0) is 14.8. The number of ether oxygens (including phenoxy) is 1. The van der Waals surface area contributed by atoms with Crippen molar-refractivity contribution in [1.82, 2.24) is 0 Å². The molecule has 0 aromatic carbocycles.